The molecule has 1 aromatic carbocycles. The molecule has 100 valence electrons. The number of rotatable bonds is 6. The van der Waals surface area contributed by atoms with Crippen LogP contribution in [-0.4, -0.2) is 27.4 Å². The summed E-state index contributed by atoms with van der Waals surface area (Å²) in [5, 5.41) is 10.4. The monoisotopic (exact) mass is 259 g/mol. The fourth-order valence-corrected chi connectivity index (χ4v) is 1.83. The van der Waals surface area contributed by atoms with E-state index in [1.165, 1.54) is 0 Å². The zero-order valence-corrected chi connectivity index (χ0v) is 10.6. The number of carbonyl (C=O) groups is 1. The highest BCUT2D eigenvalue weighted by atomic mass is 16.1. The standard InChI is InChI=1S/C13H17N5O/c14-10-12-4-2-1-3-11(12)9-13(19)15-5-7-18-8-6-16-17-18/h1-4,6,8H,5,7,9-10,14H2,(H,15,19). The smallest absolute Gasteiger partial charge is 0.224 e. The molecule has 0 fully saturated rings. The maximum absolute atomic E-state index is 11.8. The van der Waals surface area contributed by atoms with Crippen molar-refractivity contribution >= 4 is 5.91 Å². The quantitative estimate of drug-likeness (QED) is 0.770. The number of nitrogens with one attached hydrogen (secondary N) is 1. The van der Waals surface area contributed by atoms with Gasteiger partial charge in [-0.25, -0.2) is 0 Å². The average molecular weight is 259 g/mol. The first kappa shape index (κ1) is 13.2. The topological polar surface area (TPSA) is 85.8 Å². The van der Waals surface area contributed by atoms with E-state index in [0.29, 0.717) is 26.1 Å². The Kier molecular flexibility index (Phi) is 4.63. The first-order valence-corrected chi connectivity index (χ1v) is 6.17. The van der Waals surface area contributed by atoms with Crippen LogP contribution < -0.4 is 11.1 Å². The Morgan fingerprint density at radius 3 is 2.79 bits per heavy atom. The van der Waals surface area contributed by atoms with Crippen LogP contribution in [-0.2, 0) is 24.3 Å². The Morgan fingerprint density at radius 2 is 2.11 bits per heavy atom. The molecule has 0 aliphatic rings. The maximum atomic E-state index is 11.8. The summed E-state index contributed by atoms with van der Waals surface area (Å²) >= 11 is 0. The molecule has 19 heavy (non-hydrogen) atoms. The van der Waals surface area contributed by atoms with Gasteiger partial charge >= 0.3 is 0 Å². The number of hydrogen-bond donors (Lipinski definition) is 2. The normalized spacial score (nSPS) is 10.4. The summed E-state index contributed by atoms with van der Waals surface area (Å²) in [5.74, 6) is -0.0129. The van der Waals surface area contributed by atoms with Crippen molar-refractivity contribution in [3.8, 4) is 0 Å². The van der Waals surface area contributed by atoms with Crippen molar-refractivity contribution in [2.45, 2.75) is 19.5 Å². The third-order valence-electron chi connectivity index (χ3n) is 2.82. The van der Waals surface area contributed by atoms with E-state index < -0.39 is 0 Å². The lowest BCUT2D eigenvalue weighted by Gasteiger charge is -2.08. The van der Waals surface area contributed by atoms with Gasteiger partial charge < -0.3 is 11.1 Å². The number of nitrogens with two attached hydrogens (primary N) is 1. The van der Waals surface area contributed by atoms with E-state index in [0.717, 1.165) is 11.1 Å². The maximum Gasteiger partial charge on any atom is 0.224 e. The van der Waals surface area contributed by atoms with Crippen LogP contribution in [0.3, 0.4) is 0 Å². The number of benzene rings is 1. The molecule has 0 atom stereocenters. The Bertz CT molecular complexity index is 524. The first-order valence-electron chi connectivity index (χ1n) is 6.17. The fourth-order valence-electron chi connectivity index (χ4n) is 1.83. The summed E-state index contributed by atoms with van der Waals surface area (Å²) in [7, 11) is 0. The lowest BCUT2D eigenvalue weighted by molar-refractivity contribution is -0.120. The van der Waals surface area contributed by atoms with Gasteiger partial charge in [0.2, 0.25) is 5.91 Å². The minimum atomic E-state index is -0.0129. The summed E-state index contributed by atoms with van der Waals surface area (Å²) in [6.07, 6.45) is 3.72. The van der Waals surface area contributed by atoms with E-state index in [1.54, 1.807) is 17.1 Å². The van der Waals surface area contributed by atoms with Crippen LogP contribution in [0.15, 0.2) is 36.7 Å². The summed E-state index contributed by atoms with van der Waals surface area (Å²) in [6, 6.07) is 7.71. The molecule has 6 heteroatoms. The van der Waals surface area contributed by atoms with Crippen molar-refractivity contribution in [3.05, 3.63) is 47.8 Å². The summed E-state index contributed by atoms with van der Waals surface area (Å²) in [5.41, 5.74) is 7.62. The highest BCUT2D eigenvalue weighted by molar-refractivity contribution is 5.78. The van der Waals surface area contributed by atoms with Crippen LogP contribution in [0.1, 0.15) is 11.1 Å². The Morgan fingerprint density at radius 1 is 1.32 bits per heavy atom. The van der Waals surface area contributed by atoms with Gasteiger partial charge in [0.15, 0.2) is 0 Å². The van der Waals surface area contributed by atoms with Crippen LogP contribution in [0, 0.1) is 0 Å². The zero-order valence-electron chi connectivity index (χ0n) is 10.6. The Balaban J connectivity index is 1.80. The van der Waals surface area contributed by atoms with Gasteiger partial charge in [-0.15, -0.1) is 5.10 Å². The van der Waals surface area contributed by atoms with E-state index in [9.17, 15) is 4.79 Å². The highest BCUT2D eigenvalue weighted by Gasteiger charge is 2.06. The molecule has 2 rings (SSSR count). The SMILES string of the molecule is NCc1ccccc1CC(=O)NCCn1ccnn1. The van der Waals surface area contributed by atoms with Gasteiger partial charge in [-0.3, -0.25) is 9.48 Å². The molecular weight excluding hydrogens is 242 g/mol. The molecule has 0 aliphatic carbocycles. The largest absolute Gasteiger partial charge is 0.354 e. The molecule has 0 saturated carbocycles. The average Bonchev–Trinajstić information content (AvgIpc) is 2.92. The molecule has 0 radical (unpaired) electrons. The molecule has 6 nitrogen and oxygen atoms in total. The molecule has 0 aliphatic heterocycles. The number of carbonyl (C=O) groups excluding carboxylic acids is 1. The van der Waals surface area contributed by atoms with Crippen LogP contribution in [0.5, 0.6) is 0 Å². The van der Waals surface area contributed by atoms with Gasteiger partial charge in [-0.2, -0.15) is 0 Å². The second kappa shape index (κ2) is 6.65. The van der Waals surface area contributed by atoms with Crippen LogP contribution in [0.25, 0.3) is 0 Å². The molecule has 1 aromatic heterocycles. The van der Waals surface area contributed by atoms with Crippen molar-refractivity contribution in [1.82, 2.24) is 20.3 Å². The second-order valence-electron chi connectivity index (χ2n) is 4.17. The van der Waals surface area contributed by atoms with E-state index in [4.69, 9.17) is 5.73 Å². The van der Waals surface area contributed by atoms with Crippen molar-refractivity contribution in [3.63, 3.8) is 0 Å². The molecule has 0 bridgehead atoms. The lowest BCUT2D eigenvalue weighted by Crippen LogP contribution is -2.29. The van der Waals surface area contributed by atoms with Crippen molar-refractivity contribution < 1.29 is 4.79 Å². The first-order chi connectivity index (χ1) is 9.29. The van der Waals surface area contributed by atoms with E-state index >= 15 is 0 Å². The number of amides is 1. The number of hydrogen-bond acceptors (Lipinski definition) is 4. The summed E-state index contributed by atoms with van der Waals surface area (Å²) in [4.78, 5) is 11.8. The lowest BCUT2D eigenvalue weighted by atomic mass is 10.0. The number of nitrogens with zero attached hydrogens (tertiary/aromatic N) is 3. The number of aromatic nitrogens is 3. The molecule has 0 spiro atoms. The van der Waals surface area contributed by atoms with Gasteiger partial charge in [-0.05, 0) is 11.1 Å². The van der Waals surface area contributed by atoms with Crippen molar-refractivity contribution in [2.75, 3.05) is 6.54 Å². The van der Waals surface area contributed by atoms with Crippen LogP contribution in [0.4, 0.5) is 0 Å². The fraction of sp³-hybridized carbons (Fsp3) is 0.308. The molecule has 1 amide bonds. The third-order valence-corrected chi connectivity index (χ3v) is 2.82. The van der Waals surface area contributed by atoms with E-state index in [1.807, 2.05) is 24.3 Å². The van der Waals surface area contributed by atoms with Gasteiger partial charge in [0.05, 0.1) is 19.2 Å². The molecule has 1 heterocycles. The zero-order chi connectivity index (χ0) is 13.5. The van der Waals surface area contributed by atoms with E-state index in [2.05, 4.69) is 15.6 Å². The summed E-state index contributed by atoms with van der Waals surface area (Å²) < 4.78 is 1.67. The van der Waals surface area contributed by atoms with Gasteiger partial charge in [0.25, 0.3) is 0 Å². The molecule has 3 N–H and O–H groups in total. The van der Waals surface area contributed by atoms with Crippen molar-refractivity contribution in [1.29, 1.82) is 0 Å². The van der Waals surface area contributed by atoms with Gasteiger partial charge in [0.1, 0.15) is 0 Å². The molecule has 2 aromatic rings. The molecular formula is C13H17N5O. The minimum absolute atomic E-state index is 0.0129. The van der Waals surface area contributed by atoms with Gasteiger partial charge in [-0.1, -0.05) is 29.5 Å². The van der Waals surface area contributed by atoms with E-state index in [-0.39, 0.29) is 5.91 Å². The van der Waals surface area contributed by atoms with Crippen LogP contribution >= 0.6 is 0 Å². The second-order valence-corrected chi connectivity index (χ2v) is 4.17. The van der Waals surface area contributed by atoms with Crippen LogP contribution in [0.2, 0.25) is 0 Å². The summed E-state index contributed by atoms with van der Waals surface area (Å²) in [6.45, 7) is 1.60. The highest BCUT2D eigenvalue weighted by Crippen LogP contribution is 2.08. The van der Waals surface area contributed by atoms with Gasteiger partial charge in [0, 0.05) is 19.3 Å². The minimum Gasteiger partial charge on any atom is -0.354 e. The molecule has 0 saturated heterocycles. The molecule has 0 unspecified atom stereocenters. The third kappa shape index (κ3) is 3.89. The predicted molar refractivity (Wildman–Crippen MR) is 71.1 cm³/mol. The Hall–Kier alpha value is -2.21. The Labute approximate surface area is 111 Å². The van der Waals surface area contributed by atoms with Crippen molar-refractivity contribution in [2.24, 2.45) is 5.73 Å². The predicted octanol–water partition coefficient (Wildman–Crippen LogP) is 0.0957.